The van der Waals surface area contributed by atoms with Crippen molar-refractivity contribution in [3.63, 3.8) is 0 Å². The third-order valence-corrected chi connectivity index (χ3v) is 4.01. The van der Waals surface area contributed by atoms with Crippen LogP contribution in [0.2, 0.25) is 0 Å². The van der Waals surface area contributed by atoms with E-state index in [1.165, 1.54) is 24.5 Å². The summed E-state index contributed by atoms with van der Waals surface area (Å²) in [5.74, 6) is 0.0263. The Hall–Kier alpha value is -3.21. The maximum absolute atomic E-state index is 12.5. The molecule has 2 unspecified atom stereocenters. The lowest BCUT2D eigenvalue weighted by Gasteiger charge is -2.20. The molecule has 2 aromatic heterocycles. The van der Waals surface area contributed by atoms with E-state index in [4.69, 9.17) is 9.47 Å². The van der Waals surface area contributed by atoms with Crippen LogP contribution in [-0.2, 0) is 4.74 Å². The SMILES string of the molecule is FC(F)(F)Oc1cccc(-c2ncnn2C2COCC2Oc2ncccn2)c1. The summed E-state index contributed by atoms with van der Waals surface area (Å²) >= 11 is 0. The van der Waals surface area contributed by atoms with Crippen molar-refractivity contribution >= 4 is 0 Å². The van der Waals surface area contributed by atoms with Crippen LogP contribution < -0.4 is 9.47 Å². The summed E-state index contributed by atoms with van der Waals surface area (Å²) in [6.07, 6.45) is -0.779. The van der Waals surface area contributed by atoms with Crippen molar-refractivity contribution in [3.8, 4) is 23.1 Å². The van der Waals surface area contributed by atoms with Crippen LogP contribution in [0.15, 0.2) is 49.1 Å². The third-order valence-electron chi connectivity index (χ3n) is 4.01. The van der Waals surface area contributed by atoms with Gasteiger partial charge in [0.15, 0.2) is 5.82 Å². The predicted octanol–water partition coefficient (Wildman–Crippen LogP) is 2.65. The molecule has 0 amide bonds. The molecule has 146 valence electrons. The van der Waals surface area contributed by atoms with Crippen molar-refractivity contribution in [2.75, 3.05) is 13.2 Å². The highest BCUT2D eigenvalue weighted by Gasteiger charge is 2.35. The van der Waals surface area contributed by atoms with Gasteiger partial charge in [-0.2, -0.15) is 5.10 Å². The van der Waals surface area contributed by atoms with Crippen molar-refractivity contribution in [2.45, 2.75) is 18.5 Å². The molecule has 28 heavy (non-hydrogen) atoms. The van der Waals surface area contributed by atoms with Crippen LogP contribution in [0, 0.1) is 0 Å². The number of rotatable bonds is 5. The second-order valence-corrected chi connectivity index (χ2v) is 5.90. The fourth-order valence-corrected chi connectivity index (χ4v) is 2.88. The molecule has 0 spiro atoms. The summed E-state index contributed by atoms with van der Waals surface area (Å²) in [7, 11) is 0. The van der Waals surface area contributed by atoms with Crippen molar-refractivity contribution in [2.24, 2.45) is 0 Å². The zero-order valence-electron chi connectivity index (χ0n) is 14.3. The minimum atomic E-state index is -4.78. The topological polar surface area (TPSA) is 84.2 Å². The number of alkyl halides is 3. The van der Waals surface area contributed by atoms with Gasteiger partial charge < -0.3 is 14.2 Å². The largest absolute Gasteiger partial charge is 0.573 e. The van der Waals surface area contributed by atoms with Gasteiger partial charge >= 0.3 is 12.4 Å². The monoisotopic (exact) mass is 393 g/mol. The first-order chi connectivity index (χ1) is 13.5. The smallest absolute Gasteiger partial charge is 0.455 e. The molecule has 1 aromatic carbocycles. The van der Waals surface area contributed by atoms with Crippen LogP contribution in [0.5, 0.6) is 11.8 Å². The van der Waals surface area contributed by atoms with Gasteiger partial charge in [0, 0.05) is 18.0 Å². The normalized spacial score (nSPS) is 19.5. The molecule has 3 aromatic rings. The standard InChI is InChI=1S/C17H14F3N5O3/c18-17(19,20)28-12-4-1-3-11(7-12)15-23-10-24-25(15)13-8-26-9-14(13)27-16-21-5-2-6-22-16/h1-7,10,13-14H,8-9H2. The third kappa shape index (κ3) is 4.03. The Bertz CT molecular complexity index is 935. The van der Waals surface area contributed by atoms with Crippen LogP contribution in [0.3, 0.4) is 0 Å². The van der Waals surface area contributed by atoms with E-state index in [9.17, 15) is 13.2 Å². The van der Waals surface area contributed by atoms with E-state index in [1.807, 2.05) is 0 Å². The highest BCUT2D eigenvalue weighted by atomic mass is 19.4. The van der Waals surface area contributed by atoms with Gasteiger partial charge in [-0.3, -0.25) is 0 Å². The zero-order chi connectivity index (χ0) is 19.6. The average Bonchev–Trinajstić information content (AvgIpc) is 3.30. The fourth-order valence-electron chi connectivity index (χ4n) is 2.88. The Kier molecular flexibility index (Phi) is 4.82. The first-order valence-corrected chi connectivity index (χ1v) is 8.27. The van der Waals surface area contributed by atoms with E-state index in [1.54, 1.807) is 29.2 Å². The van der Waals surface area contributed by atoms with Gasteiger partial charge in [0.2, 0.25) is 0 Å². The average molecular weight is 393 g/mol. The minimum Gasteiger partial charge on any atom is -0.455 e. The highest BCUT2D eigenvalue weighted by molar-refractivity contribution is 5.57. The summed E-state index contributed by atoms with van der Waals surface area (Å²) < 4.78 is 54.3. The molecular weight excluding hydrogens is 379 g/mol. The molecule has 1 saturated heterocycles. The lowest BCUT2D eigenvalue weighted by molar-refractivity contribution is -0.274. The summed E-state index contributed by atoms with van der Waals surface area (Å²) in [5.41, 5.74) is 0.417. The van der Waals surface area contributed by atoms with Crippen LogP contribution >= 0.6 is 0 Å². The predicted molar refractivity (Wildman–Crippen MR) is 88.4 cm³/mol. The second-order valence-electron chi connectivity index (χ2n) is 5.90. The number of nitrogens with zero attached hydrogens (tertiary/aromatic N) is 5. The van der Waals surface area contributed by atoms with Crippen LogP contribution in [0.1, 0.15) is 6.04 Å². The summed E-state index contributed by atoms with van der Waals surface area (Å²) in [6, 6.07) is 7.05. The number of ether oxygens (including phenoxy) is 3. The number of halogens is 3. The van der Waals surface area contributed by atoms with Crippen LogP contribution in [-0.4, -0.2) is 50.4 Å². The summed E-state index contributed by atoms with van der Waals surface area (Å²) in [6.45, 7) is 0.589. The Morgan fingerprint density at radius 2 is 1.89 bits per heavy atom. The quantitative estimate of drug-likeness (QED) is 0.659. The van der Waals surface area contributed by atoms with Gasteiger partial charge in [-0.05, 0) is 18.2 Å². The van der Waals surface area contributed by atoms with Crippen molar-refractivity contribution in [3.05, 3.63) is 49.1 Å². The molecule has 3 heterocycles. The molecule has 1 aliphatic heterocycles. The van der Waals surface area contributed by atoms with Gasteiger partial charge in [-0.1, -0.05) is 12.1 Å². The van der Waals surface area contributed by atoms with Gasteiger partial charge in [0.05, 0.1) is 13.2 Å². The van der Waals surface area contributed by atoms with Crippen LogP contribution in [0.25, 0.3) is 11.4 Å². The molecule has 4 rings (SSSR count). The molecule has 0 aliphatic carbocycles. The van der Waals surface area contributed by atoms with E-state index < -0.39 is 12.5 Å². The minimum absolute atomic E-state index is 0.199. The van der Waals surface area contributed by atoms with Crippen molar-refractivity contribution < 1.29 is 27.4 Å². The molecule has 1 fully saturated rings. The Morgan fingerprint density at radius 1 is 1.07 bits per heavy atom. The molecule has 0 bridgehead atoms. The molecule has 0 N–H and O–H groups in total. The molecule has 0 saturated carbocycles. The fraction of sp³-hybridized carbons (Fsp3) is 0.294. The maximum Gasteiger partial charge on any atom is 0.573 e. The molecule has 2 atom stereocenters. The van der Waals surface area contributed by atoms with E-state index in [0.29, 0.717) is 24.6 Å². The van der Waals surface area contributed by atoms with Crippen molar-refractivity contribution in [1.29, 1.82) is 0 Å². The molecule has 1 aliphatic rings. The maximum atomic E-state index is 12.5. The number of hydrogen-bond acceptors (Lipinski definition) is 7. The summed E-state index contributed by atoms with van der Waals surface area (Å²) in [5, 5.41) is 4.21. The first kappa shape index (κ1) is 18.2. The van der Waals surface area contributed by atoms with Crippen molar-refractivity contribution in [1.82, 2.24) is 24.7 Å². The van der Waals surface area contributed by atoms with Gasteiger partial charge in [0.1, 0.15) is 24.2 Å². The lowest BCUT2D eigenvalue weighted by atomic mass is 10.1. The van der Waals surface area contributed by atoms with E-state index in [0.717, 1.165) is 0 Å². The number of benzene rings is 1. The van der Waals surface area contributed by atoms with E-state index in [-0.39, 0.29) is 17.8 Å². The molecule has 0 radical (unpaired) electrons. The number of aromatic nitrogens is 5. The lowest BCUT2D eigenvalue weighted by Crippen LogP contribution is -2.30. The Labute approximate surface area is 156 Å². The Balaban J connectivity index is 1.59. The summed E-state index contributed by atoms with van der Waals surface area (Å²) in [4.78, 5) is 12.2. The Morgan fingerprint density at radius 3 is 2.68 bits per heavy atom. The number of hydrogen-bond donors (Lipinski definition) is 0. The van der Waals surface area contributed by atoms with E-state index in [2.05, 4.69) is 24.8 Å². The van der Waals surface area contributed by atoms with Crippen LogP contribution in [0.4, 0.5) is 13.2 Å². The highest BCUT2D eigenvalue weighted by Crippen LogP contribution is 2.30. The van der Waals surface area contributed by atoms with E-state index >= 15 is 0 Å². The molecule has 11 heteroatoms. The van der Waals surface area contributed by atoms with Gasteiger partial charge in [0.25, 0.3) is 0 Å². The zero-order valence-corrected chi connectivity index (χ0v) is 14.3. The first-order valence-electron chi connectivity index (χ1n) is 8.27. The second kappa shape index (κ2) is 7.43. The molecule has 8 nitrogen and oxygen atoms in total. The van der Waals surface area contributed by atoms with Gasteiger partial charge in [-0.15, -0.1) is 13.2 Å². The van der Waals surface area contributed by atoms with Gasteiger partial charge in [-0.25, -0.2) is 19.6 Å². The molecular formula is C17H14F3N5O3.